The number of aromatic nitrogens is 2. The summed E-state index contributed by atoms with van der Waals surface area (Å²) < 4.78 is 14.3. The maximum absolute atomic E-state index is 13.2. The summed E-state index contributed by atoms with van der Waals surface area (Å²) in [5.41, 5.74) is 0.402. The van der Waals surface area contributed by atoms with Crippen molar-refractivity contribution in [2.75, 3.05) is 0 Å². The van der Waals surface area contributed by atoms with Crippen molar-refractivity contribution in [1.82, 2.24) is 9.55 Å². The van der Waals surface area contributed by atoms with Crippen LogP contribution in [-0.4, -0.2) is 14.5 Å². The Morgan fingerprint density at radius 3 is 2.50 bits per heavy atom. The van der Waals surface area contributed by atoms with E-state index in [1.165, 1.54) is 34.9 Å². The molecule has 0 fully saturated rings. The number of hydrogen-bond donors (Lipinski definition) is 0. The Morgan fingerprint density at radius 2 is 1.77 bits per heavy atom. The van der Waals surface area contributed by atoms with E-state index in [9.17, 15) is 19.3 Å². The minimum absolute atomic E-state index is 0.0476. The van der Waals surface area contributed by atoms with Gasteiger partial charge in [-0.25, -0.2) is 9.37 Å². The number of benzene rings is 3. The average Bonchev–Trinajstić information content (AvgIpc) is 2.74. The lowest BCUT2D eigenvalue weighted by molar-refractivity contribution is -0.384. The molecule has 0 bridgehead atoms. The number of halogens is 2. The van der Waals surface area contributed by atoms with Gasteiger partial charge in [0.05, 0.1) is 15.8 Å². The van der Waals surface area contributed by atoms with Crippen LogP contribution in [0.2, 0.25) is 5.02 Å². The predicted octanol–water partition coefficient (Wildman–Crippen LogP) is 5.26. The minimum Gasteiger partial charge on any atom is -0.268 e. The number of fused-ring (bicyclic) bond motifs is 1. The Morgan fingerprint density at radius 1 is 1.03 bits per heavy atom. The first-order valence-corrected chi connectivity index (χ1v) is 9.21. The molecule has 30 heavy (non-hydrogen) atoms. The molecule has 0 saturated heterocycles. The van der Waals surface area contributed by atoms with Gasteiger partial charge in [0.25, 0.3) is 11.2 Å². The van der Waals surface area contributed by atoms with Crippen molar-refractivity contribution in [1.29, 1.82) is 0 Å². The van der Waals surface area contributed by atoms with Gasteiger partial charge in [-0.05, 0) is 48.0 Å². The third-order valence-corrected chi connectivity index (χ3v) is 4.71. The van der Waals surface area contributed by atoms with E-state index >= 15 is 0 Å². The normalized spacial score (nSPS) is 11.3. The predicted molar refractivity (Wildman–Crippen MR) is 114 cm³/mol. The van der Waals surface area contributed by atoms with Crippen LogP contribution in [-0.2, 0) is 0 Å². The molecule has 0 aliphatic heterocycles. The zero-order valence-electron chi connectivity index (χ0n) is 15.3. The Balaban J connectivity index is 1.99. The monoisotopic (exact) mass is 421 g/mol. The molecule has 0 radical (unpaired) electrons. The number of nitrogens with zero attached hydrogens (tertiary/aromatic N) is 3. The zero-order chi connectivity index (χ0) is 21.3. The molecule has 0 unspecified atom stereocenters. The largest absolute Gasteiger partial charge is 0.294 e. The molecule has 0 N–H and O–H groups in total. The van der Waals surface area contributed by atoms with E-state index in [1.54, 1.807) is 48.6 Å². The van der Waals surface area contributed by atoms with Crippen molar-refractivity contribution in [2.24, 2.45) is 0 Å². The van der Waals surface area contributed by atoms with Gasteiger partial charge in [0, 0.05) is 11.1 Å². The average molecular weight is 422 g/mol. The molecule has 1 aromatic heterocycles. The summed E-state index contributed by atoms with van der Waals surface area (Å²) in [5.74, 6) is -0.182. The van der Waals surface area contributed by atoms with Gasteiger partial charge in [-0.1, -0.05) is 41.9 Å². The van der Waals surface area contributed by atoms with Crippen molar-refractivity contribution in [3.8, 4) is 5.69 Å². The van der Waals surface area contributed by atoms with Gasteiger partial charge in [0.1, 0.15) is 17.3 Å². The van der Waals surface area contributed by atoms with Gasteiger partial charge in [-0.2, -0.15) is 0 Å². The molecule has 4 rings (SSSR count). The molecule has 0 atom stereocenters. The fraction of sp³-hybridized carbons (Fsp3) is 0. The zero-order valence-corrected chi connectivity index (χ0v) is 16.1. The number of rotatable bonds is 4. The topological polar surface area (TPSA) is 78.0 Å². The van der Waals surface area contributed by atoms with Crippen molar-refractivity contribution in [2.45, 2.75) is 0 Å². The molecule has 0 spiro atoms. The van der Waals surface area contributed by atoms with Gasteiger partial charge in [0.2, 0.25) is 0 Å². The van der Waals surface area contributed by atoms with E-state index in [2.05, 4.69) is 4.98 Å². The van der Waals surface area contributed by atoms with Gasteiger partial charge in [-0.3, -0.25) is 19.5 Å². The van der Waals surface area contributed by atoms with E-state index in [1.807, 2.05) is 0 Å². The lowest BCUT2D eigenvalue weighted by atomic mass is 10.2. The van der Waals surface area contributed by atoms with E-state index in [0.717, 1.165) is 0 Å². The summed E-state index contributed by atoms with van der Waals surface area (Å²) >= 11 is 5.92. The van der Waals surface area contributed by atoms with Crippen LogP contribution in [0.5, 0.6) is 0 Å². The molecular formula is C22H13ClFN3O3. The Labute approximate surface area is 174 Å². The van der Waals surface area contributed by atoms with E-state index in [-0.39, 0.29) is 28.0 Å². The molecule has 0 amide bonds. The Kier molecular flexibility index (Phi) is 5.12. The highest BCUT2D eigenvalue weighted by Gasteiger charge is 2.20. The van der Waals surface area contributed by atoms with Crippen LogP contribution >= 0.6 is 11.6 Å². The number of nitro benzene ring substituents is 1. The van der Waals surface area contributed by atoms with Crippen LogP contribution in [0.4, 0.5) is 10.1 Å². The van der Waals surface area contributed by atoms with Crippen LogP contribution in [0.1, 0.15) is 11.4 Å². The number of hydrogen-bond acceptors (Lipinski definition) is 4. The molecule has 8 heteroatoms. The van der Waals surface area contributed by atoms with Crippen molar-refractivity contribution >= 4 is 40.3 Å². The van der Waals surface area contributed by atoms with Gasteiger partial charge >= 0.3 is 0 Å². The summed E-state index contributed by atoms with van der Waals surface area (Å²) in [4.78, 5) is 28.8. The molecule has 4 aromatic rings. The molecule has 0 aliphatic rings. The smallest absolute Gasteiger partial charge is 0.268 e. The minimum atomic E-state index is -0.601. The fourth-order valence-electron chi connectivity index (χ4n) is 3.07. The summed E-state index contributed by atoms with van der Waals surface area (Å²) in [7, 11) is 0. The van der Waals surface area contributed by atoms with Crippen molar-refractivity contribution in [3.63, 3.8) is 0 Å². The third kappa shape index (κ3) is 3.70. The van der Waals surface area contributed by atoms with Gasteiger partial charge in [0.15, 0.2) is 0 Å². The standard InChI is InChI=1S/C22H13ClFN3O3/c23-15-8-11-19(20(13-15)27(29)30)26-21(12-7-14-5-9-16(24)10-6-14)25-18-4-2-1-3-17(18)22(26)28/h1-13H/b12-7-. The van der Waals surface area contributed by atoms with Crippen LogP contribution < -0.4 is 5.56 Å². The van der Waals surface area contributed by atoms with Crippen LogP contribution in [0, 0.1) is 15.9 Å². The highest BCUT2D eigenvalue weighted by atomic mass is 35.5. The molecule has 148 valence electrons. The van der Waals surface area contributed by atoms with Crippen molar-refractivity contribution in [3.05, 3.63) is 109 Å². The Bertz CT molecular complexity index is 1360. The SMILES string of the molecule is O=c1c2ccccc2nc(/C=C\c2ccc(F)cc2)n1-c1ccc(Cl)cc1[N+](=O)[O-]. The molecular weight excluding hydrogens is 409 g/mol. The quantitative estimate of drug-likeness (QED) is 0.333. The number of nitro groups is 1. The van der Waals surface area contributed by atoms with E-state index < -0.39 is 10.5 Å². The summed E-state index contributed by atoms with van der Waals surface area (Å²) in [6.45, 7) is 0. The van der Waals surface area contributed by atoms with Crippen molar-refractivity contribution < 1.29 is 9.31 Å². The van der Waals surface area contributed by atoms with Gasteiger partial charge in [-0.15, -0.1) is 0 Å². The maximum atomic E-state index is 13.2. The van der Waals surface area contributed by atoms with Crippen LogP contribution in [0.15, 0.2) is 71.5 Å². The van der Waals surface area contributed by atoms with Gasteiger partial charge < -0.3 is 0 Å². The lowest BCUT2D eigenvalue weighted by Crippen LogP contribution is -2.23. The first-order valence-electron chi connectivity index (χ1n) is 8.84. The third-order valence-electron chi connectivity index (χ3n) is 4.47. The fourth-order valence-corrected chi connectivity index (χ4v) is 3.24. The molecule has 6 nitrogen and oxygen atoms in total. The molecule has 3 aromatic carbocycles. The summed E-state index contributed by atoms with van der Waals surface area (Å²) in [6.07, 6.45) is 3.20. The highest BCUT2D eigenvalue weighted by Crippen LogP contribution is 2.27. The summed E-state index contributed by atoms with van der Waals surface area (Å²) in [6, 6.07) is 16.6. The second-order valence-electron chi connectivity index (χ2n) is 6.40. The first-order chi connectivity index (χ1) is 14.4. The van der Waals surface area contributed by atoms with E-state index in [0.29, 0.717) is 16.5 Å². The second kappa shape index (κ2) is 7.88. The first kappa shape index (κ1) is 19.5. The second-order valence-corrected chi connectivity index (χ2v) is 6.84. The molecule has 1 heterocycles. The number of para-hydroxylation sites is 1. The van der Waals surface area contributed by atoms with Crippen LogP contribution in [0.25, 0.3) is 28.7 Å². The maximum Gasteiger partial charge on any atom is 0.294 e. The molecule has 0 saturated carbocycles. The van der Waals surface area contributed by atoms with Crippen LogP contribution in [0.3, 0.4) is 0 Å². The summed E-state index contributed by atoms with van der Waals surface area (Å²) in [5, 5.41) is 12.1. The van der Waals surface area contributed by atoms with E-state index in [4.69, 9.17) is 11.6 Å². The molecule has 0 aliphatic carbocycles. The Hall–Kier alpha value is -3.84. The highest BCUT2D eigenvalue weighted by molar-refractivity contribution is 6.30. The lowest BCUT2D eigenvalue weighted by Gasteiger charge is -2.12.